The minimum Gasteiger partial charge on any atom is -0.504 e. The molecule has 5 aliphatic rings. The van der Waals surface area contributed by atoms with Gasteiger partial charge in [-0.1, -0.05) is 30.7 Å². The number of hydrogen-bond donors (Lipinski definition) is 4. The van der Waals surface area contributed by atoms with Gasteiger partial charge in [0.1, 0.15) is 6.10 Å². The van der Waals surface area contributed by atoms with Crippen LogP contribution in [0.15, 0.2) is 42.6 Å². The van der Waals surface area contributed by atoms with Crippen molar-refractivity contribution in [1.29, 1.82) is 0 Å². The van der Waals surface area contributed by atoms with Crippen LogP contribution in [0.25, 0.3) is 10.9 Å². The zero-order chi connectivity index (χ0) is 27.1. The van der Waals surface area contributed by atoms with Crippen LogP contribution in [0.1, 0.15) is 68.1 Å². The molecule has 0 radical (unpaired) electrons. The molecule has 2 aromatic carbocycles. The van der Waals surface area contributed by atoms with Gasteiger partial charge in [0.05, 0.1) is 17.1 Å². The Balaban J connectivity index is 1.03. The van der Waals surface area contributed by atoms with Gasteiger partial charge in [0.25, 0.3) is 0 Å². The van der Waals surface area contributed by atoms with Crippen LogP contribution in [-0.2, 0) is 23.1 Å². The molecule has 2 aliphatic heterocycles. The second-order valence-corrected chi connectivity index (χ2v) is 13.1. The average Bonchev–Trinajstić information content (AvgIpc) is 3.50. The van der Waals surface area contributed by atoms with Gasteiger partial charge in [0, 0.05) is 41.7 Å². The maximum Gasteiger partial charge on any atom is 0.220 e. The number of carbonyl (C=O) groups is 1. The summed E-state index contributed by atoms with van der Waals surface area (Å²) < 4.78 is 6.60. The lowest BCUT2D eigenvalue weighted by atomic mass is 9.48. The van der Waals surface area contributed by atoms with Crippen LogP contribution in [0.4, 0.5) is 0 Å². The third kappa shape index (κ3) is 3.40. The van der Waals surface area contributed by atoms with Crippen molar-refractivity contribution < 1.29 is 19.7 Å². The van der Waals surface area contributed by atoms with E-state index in [4.69, 9.17) is 4.74 Å². The van der Waals surface area contributed by atoms with Crippen LogP contribution >= 0.6 is 0 Å². The number of nitrogens with zero attached hydrogens (tertiary/aromatic N) is 1. The molecular formula is C33H39N3O4. The molecule has 3 aromatic rings. The van der Waals surface area contributed by atoms with E-state index in [2.05, 4.69) is 27.3 Å². The van der Waals surface area contributed by atoms with Crippen LogP contribution in [0.3, 0.4) is 0 Å². The van der Waals surface area contributed by atoms with E-state index < -0.39 is 11.0 Å². The maximum absolute atomic E-state index is 13.3. The fraction of sp³-hybridized carbons (Fsp3) is 0.545. The molecule has 0 unspecified atom stereocenters. The van der Waals surface area contributed by atoms with Gasteiger partial charge in [-0.2, -0.15) is 0 Å². The number of aromatic amines is 1. The molecule has 1 saturated heterocycles. The van der Waals surface area contributed by atoms with Crippen molar-refractivity contribution in [2.45, 2.75) is 93.4 Å². The minimum absolute atomic E-state index is 0.0328. The predicted octanol–water partition coefficient (Wildman–Crippen LogP) is 4.34. The number of aromatic nitrogens is 1. The second kappa shape index (κ2) is 8.98. The number of ether oxygens (including phenoxy) is 1. The third-order valence-corrected chi connectivity index (χ3v) is 11.2. The first-order chi connectivity index (χ1) is 19.5. The van der Waals surface area contributed by atoms with Gasteiger partial charge in [-0.3, -0.25) is 9.69 Å². The van der Waals surface area contributed by atoms with Gasteiger partial charge in [0.2, 0.25) is 5.91 Å². The zero-order valence-corrected chi connectivity index (χ0v) is 23.0. The molecule has 3 heterocycles. The largest absolute Gasteiger partial charge is 0.504 e. The van der Waals surface area contributed by atoms with Crippen molar-refractivity contribution in [3.8, 4) is 11.5 Å². The highest BCUT2D eigenvalue weighted by atomic mass is 16.5. The molecular weight excluding hydrogens is 502 g/mol. The minimum atomic E-state index is -0.928. The van der Waals surface area contributed by atoms with Crippen LogP contribution in [0.5, 0.6) is 11.5 Å². The van der Waals surface area contributed by atoms with Gasteiger partial charge in [-0.15, -0.1) is 0 Å². The SMILES string of the molecule is O=C(CCCc1c[nH]c2ccccc12)N[C@@H]1CC[C@@]2(O)[C@H]3Cc4ccc(O)c5c4[C@@]2(CCN3CC2CCC2)[C@H]1O5. The summed E-state index contributed by atoms with van der Waals surface area (Å²) in [6.07, 6.45) is 10.5. The van der Waals surface area contributed by atoms with Gasteiger partial charge in [-0.25, -0.2) is 0 Å². The number of benzene rings is 2. The number of amides is 1. The van der Waals surface area contributed by atoms with Crippen LogP contribution in [-0.4, -0.2) is 62.9 Å². The van der Waals surface area contributed by atoms with E-state index in [1.54, 1.807) is 6.07 Å². The van der Waals surface area contributed by atoms with Crippen molar-refractivity contribution in [2.75, 3.05) is 13.1 Å². The molecule has 5 atom stereocenters. The second-order valence-electron chi connectivity index (χ2n) is 13.1. The van der Waals surface area contributed by atoms with Crippen molar-refractivity contribution in [2.24, 2.45) is 5.92 Å². The van der Waals surface area contributed by atoms with E-state index in [1.807, 2.05) is 24.4 Å². The van der Waals surface area contributed by atoms with Crippen LogP contribution < -0.4 is 10.1 Å². The van der Waals surface area contributed by atoms with Gasteiger partial charge >= 0.3 is 0 Å². The molecule has 7 nitrogen and oxygen atoms in total. The van der Waals surface area contributed by atoms with E-state index in [-0.39, 0.29) is 29.8 Å². The summed E-state index contributed by atoms with van der Waals surface area (Å²) in [5, 5.41) is 28.0. The first-order valence-electron chi connectivity index (χ1n) is 15.3. The highest BCUT2D eigenvalue weighted by molar-refractivity contribution is 5.83. The average molecular weight is 542 g/mol. The first-order valence-corrected chi connectivity index (χ1v) is 15.3. The monoisotopic (exact) mass is 541 g/mol. The Bertz CT molecular complexity index is 1480. The molecule has 2 bridgehead atoms. The number of likely N-dealkylation sites (tertiary alicyclic amines) is 1. The number of H-pyrrole nitrogens is 1. The summed E-state index contributed by atoms with van der Waals surface area (Å²) in [5.74, 6) is 1.45. The molecule has 210 valence electrons. The number of piperidine rings is 1. The lowest BCUT2D eigenvalue weighted by molar-refractivity contribution is -0.194. The lowest BCUT2D eigenvalue weighted by Crippen LogP contribution is -2.78. The van der Waals surface area contributed by atoms with Crippen molar-refractivity contribution >= 4 is 16.8 Å². The number of hydrogen-bond acceptors (Lipinski definition) is 5. The summed E-state index contributed by atoms with van der Waals surface area (Å²) in [5.41, 5.74) is 3.04. The fourth-order valence-electron chi connectivity index (χ4n) is 9.06. The smallest absolute Gasteiger partial charge is 0.220 e. The number of aliphatic hydroxyl groups is 1. The normalized spacial score (nSPS) is 32.4. The summed E-state index contributed by atoms with van der Waals surface area (Å²) in [6, 6.07) is 11.9. The van der Waals surface area contributed by atoms with Crippen LogP contribution in [0.2, 0.25) is 0 Å². The summed E-state index contributed by atoms with van der Waals surface area (Å²) in [7, 11) is 0. The van der Waals surface area contributed by atoms with Gasteiger partial charge < -0.3 is 25.3 Å². The zero-order valence-electron chi connectivity index (χ0n) is 23.0. The quantitative estimate of drug-likeness (QED) is 0.357. The molecule has 2 saturated carbocycles. The molecule has 1 spiro atoms. The van der Waals surface area contributed by atoms with Crippen molar-refractivity contribution in [3.05, 3.63) is 59.3 Å². The molecule has 3 fully saturated rings. The Morgan fingerprint density at radius 3 is 2.88 bits per heavy atom. The molecule has 4 N–H and O–H groups in total. The number of fused-ring (bicyclic) bond motifs is 1. The molecule has 1 aromatic heterocycles. The highest BCUT2D eigenvalue weighted by Crippen LogP contribution is 2.65. The molecule has 3 aliphatic carbocycles. The number of aromatic hydroxyl groups is 1. The van der Waals surface area contributed by atoms with Crippen molar-refractivity contribution in [1.82, 2.24) is 15.2 Å². The number of para-hydroxylation sites is 1. The molecule has 1 amide bonds. The number of nitrogens with one attached hydrogen (secondary N) is 2. The van der Waals surface area contributed by atoms with Crippen molar-refractivity contribution in [3.63, 3.8) is 0 Å². The number of rotatable bonds is 7. The molecule has 7 heteroatoms. The van der Waals surface area contributed by atoms with E-state index in [0.717, 1.165) is 55.8 Å². The fourth-order valence-corrected chi connectivity index (χ4v) is 9.06. The third-order valence-electron chi connectivity index (χ3n) is 11.2. The highest BCUT2D eigenvalue weighted by Gasteiger charge is 2.73. The summed E-state index contributed by atoms with van der Waals surface area (Å²) in [4.78, 5) is 19.1. The Kier molecular flexibility index (Phi) is 5.56. The van der Waals surface area contributed by atoms with E-state index in [0.29, 0.717) is 25.0 Å². The number of phenols is 1. The first kappa shape index (κ1) is 24.7. The maximum atomic E-state index is 13.3. The predicted molar refractivity (Wildman–Crippen MR) is 153 cm³/mol. The number of carbonyl (C=O) groups excluding carboxylic acids is 1. The lowest BCUT2D eigenvalue weighted by Gasteiger charge is -2.64. The Labute approximate surface area is 234 Å². The Morgan fingerprint density at radius 2 is 2.02 bits per heavy atom. The van der Waals surface area contributed by atoms with E-state index >= 15 is 0 Å². The summed E-state index contributed by atoms with van der Waals surface area (Å²) >= 11 is 0. The Hall–Kier alpha value is -3.03. The summed E-state index contributed by atoms with van der Waals surface area (Å²) in [6.45, 7) is 1.98. The molecule has 8 rings (SSSR count). The van der Waals surface area contributed by atoms with Gasteiger partial charge in [-0.05, 0) is 87.1 Å². The Morgan fingerprint density at radius 1 is 1.15 bits per heavy atom. The van der Waals surface area contributed by atoms with E-state index in [1.165, 1.54) is 35.8 Å². The van der Waals surface area contributed by atoms with Crippen LogP contribution in [0, 0.1) is 5.92 Å². The van der Waals surface area contributed by atoms with Gasteiger partial charge in [0.15, 0.2) is 11.5 Å². The number of phenolic OH excluding ortho intramolecular Hbond substituents is 1. The standard InChI is InChI=1S/C33H39N3O4/c37-26-12-11-21-17-27-33(39)14-13-25(35-28(38)10-4-7-22-18-34-24-9-2-1-8-23(22)24)31-32(33,29(21)30(26)40-31)15-16-36(27)19-20-5-3-6-20/h1-2,8-9,11-12,18,20,25,27,31,34,37,39H,3-7,10,13-17,19H2,(H,35,38)/t25-,27-,31+,32+,33-/m1/s1. The van der Waals surface area contributed by atoms with E-state index in [9.17, 15) is 15.0 Å². The molecule has 40 heavy (non-hydrogen) atoms. The topological polar surface area (TPSA) is 97.8 Å². The number of aryl methyl sites for hydroxylation is 1.